The molecule has 0 saturated carbocycles. The number of nitrogens with one attached hydrogen (secondary N) is 1. The first kappa shape index (κ1) is 25.1. The Labute approximate surface area is 218 Å². The SMILES string of the molecule is COc1cc2c(cc1OC)C(C(=O)Nc1ccc(Br)cc1C)C(c1ccc(SC)cc1)N(C)C2=O. The van der Waals surface area contributed by atoms with Gasteiger partial charge in [0.1, 0.15) is 0 Å². The van der Waals surface area contributed by atoms with Crippen molar-refractivity contribution in [3.05, 3.63) is 81.3 Å². The first-order valence-electron chi connectivity index (χ1n) is 11.0. The van der Waals surface area contributed by atoms with Crippen LogP contribution in [-0.4, -0.2) is 44.2 Å². The number of hydrogen-bond donors (Lipinski definition) is 1. The van der Waals surface area contributed by atoms with E-state index < -0.39 is 12.0 Å². The molecule has 3 aromatic rings. The Balaban J connectivity index is 1.87. The third-order valence-corrected chi connectivity index (χ3v) is 7.60. The van der Waals surface area contributed by atoms with Crippen LogP contribution in [0.4, 0.5) is 5.69 Å². The minimum atomic E-state index is -0.671. The Morgan fingerprint density at radius 2 is 1.69 bits per heavy atom. The van der Waals surface area contributed by atoms with Gasteiger partial charge in [-0.3, -0.25) is 9.59 Å². The molecule has 8 heteroatoms. The maximum atomic E-state index is 13.9. The van der Waals surface area contributed by atoms with E-state index in [9.17, 15) is 9.59 Å². The van der Waals surface area contributed by atoms with Crippen molar-refractivity contribution in [2.24, 2.45) is 0 Å². The summed E-state index contributed by atoms with van der Waals surface area (Å²) in [6.07, 6.45) is 2.01. The minimum absolute atomic E-state index is 0.177. The second-order valence-electron chi connectivity index (χ2n) is 8.35. The molecule has 182 valence electrons. The zero-order chi connectivity index (χ0) is 25.3. The molecular weight excluding hydrogens is 528 g/mol. The fourth-order valence-corrected chi connectivity index (χ4v) is 5.41. The predicted molar refractivity (Wildman–Crippen MR) is 143 cm³/mol. The lowest BCUT2D eigenvalue weighted by Crippen LogP contribution is -2.44. The van der Waals surface area contributed by atoms with Crippen LogP contribution in [0, 0.1) is 6.92 Å². The topological polar surface area (TPSA) is 67.9 Å². The Morgan fingerprint density at radius 3 is 2.29 bits per heavy atom. The molecule has 2 unspecified atom stereocenters. The van der Waals surface area contributed by atoms with Gasteiger partial charge in [0.2, 0.25) is 5.91 Å². The zero-order valence-electron chi connectivity index (χ0n) is 20.2. The van der Waals surface area contributed by atoms with Crippen LogP contribution in [0.1, 0.15) is 39.0 Å². The van der Waals surface area contributed by atoms with Gasteiger partial charge in [-0.25, -0.2) is 0 Å². The Hall–Kier alpha value is -2.97. The molecule has 0 aromatic heterocycles. The van der Waals surface area contributed by atoms with Gasteiger partial charge in [-0.15, -0.1) is 11.8 Å². The maximum Gasteiger partial charge on any atom is 0.254 e. The largest absolute Gasteiger partial charge is 0.493 e. The predicted octanol–water partition coefficient (Wildman–Crippen LogP) is 6.05. The van der Waals surface area contributed by atoms with Crippen molar-refractivity contribution >= 4 is 45.2 Å². The molecule has 2 amide bonds. The molecule has 1 heterocycles. The molecule has 1 aliphatic heterocycles. The molecule has 0 aliphatic carbocycles. The number of thioether (sulfide) groups is 1. The van der Waals surface area contributed by atoms with E-state index in [2.05, 4.69) is 21.2 Å². The van der Waals surface area contributed by atoms with Gasteiger partial charge in [0.05, 0.1) is 26.2 Å². The summed E-state index contributed by atoms with van der Waals surface area (Å²) < 4.78 is 11.9. The van der Waals surface area contributed by atoms with Crippen molar-refractivity contribution in [1.82, 2.24) is 4.90 Å². The van der Waals surface area contributed by atoms with Crippen molar-refractivity contribution in [1.29, 1.82) is 0 Å². The quantitative estimate of drug-likeness (QED) is 0.376. The van der Waals surface area contributed by atoms with E-state index in [0.717, 1.165) is 26.2 Å². The highest BCUT2D eigenvalue weighted by molar-refractivity contribution is 9.10. The second-order valence-corrected chi connectivity index (χ2v) is 10.1. The number of fused-ring (bicyclic) bond motifs is 1. The average Bonchev–Trinajstić information content (AvgIpc) is 2.86. The third kappa shape index (κ3) is 4.77. The van der Waals surface area contributed by atoms with E-state index in [4.69, 9.17) is 9.47 Å². The number of halogens is 1. The zero-order valence-corrected chi connectivity index (χ0v) is 22.6. The number of rotatable bonds is 6. The van der Waals surface area contributed by atoms with Crippen molar-refractivity contribution in [2.75, 3.05) is 32.8 Å². The Bertz CT molecular complexity index is 1280. The highest BCUT2D eigenvalue weighted by atomic mass is 79.9. The number of amides is 2. The first-order valence-corrected chi connectivity index (χ1v) is 13.0. The fraction of sp³-hybridized carbons (Fsp3) is 0.259. The number of benzene rings is 3. The highest BCUT2D eigenvalue weighted by Gasteiger charge is 2.43. The van der Waals surface area contributed by atoms with Gasteiger partial charge in [0.15, 0.2) is 11.5 Å². The molecule has 3 aromatic carbocycles. The fourth-order valence-electron chi connectivity index (χ4n) is 4.53. The van der Waals surface area contributed by atoms with Crippen molar-refractivity contribution in [3.8, 4) is 11.5 Å². The van der Waals surface area contributed by atoms with Crippen LogP contribution in [-0.2, 0) is 4.79 Å². The van der Waals surface area contributed by atoms with Gasteiger partial charge in [0.25, 0.3) is 5.91 Å². The summed E-state index contributed by atoms with van der Waals surface area (Å²) in [7, 11) is 4.80. The molecule has 0 saturated heterocycles. The summed E-state index contributed by atoms with van der Waals surface area (Å²) in [6.45, 7) is 1.94. The van der Waals surface area contributed by atoms with Gasteiger partial charge >= 0.3 is 0 Å². The number of anilines is 1. The van der Waals surface area contributed by atoms with Gasteiger partial charge < -0.3 is 19.7 Å². The molecule has 0 radical (unpaired) electrons. The standard InChI is InChI=1S/C27H27BrN2O4S/c1-15-12-17(28)8-11-21(15)29-26(31)24-19-13-22(33-3)23(34-4)14-20(19)27(32)30(2)25(24)16-6-9-18(35-5)10-7-16/h6-14,24-25H,1-5H3,(H,29,31). The third-order valence-electron chi connectivity index (χ3n) is 6.36. The monoisotopic (exact) mass is 554 g/mol. The molecule has 6 nitrogen and oxygen atoms in total. The molecule has 1 aliphatic rings. The Kier molecular flexibility index (Phi) is 7.42. The number of carbonyl (C=O) groups excluding carboxylic acids is 2. The summed E-state index contributed by atoms with van der Waals surface area (Å²) in [4.78, 5) is 30.2. The number of ether oxygens (including phenoxy) is 2. The summed E-state index contributed by atoms with van der Waals surface area (Å²) in [5.74, 6) is -0.141. The van der Waals surface area contributed by atoms with Crippen LogP contribution in [0.3, 0.4) is 0 Å². The minimum Gasteiger partial charge on any atom is -0.493 e. The molecular formula is C27H27BrN2O4S. The van der Waals surface area contributed by atoms with E-state index in [-0.39, 0.29) is 11.8 Å². The van der Waals surface area contributed by atoms with Crippen LogP contribution in [0.25, 0.3) is 0 Å². The smallest absolute Gasteiger partial charge is 0.254 e. The van der Waals surface area contributed by atoms with Crippen LogP contribution in [0.2, 0.25) is 0 Å². The number of aryl methyl sites for hydroxylation is 1. The van der Waals surface area contributed by atoms with Gasteiger partial charge in [-0.1, -0.05) is 28.1 Å². The van der Waals surface area contributed by atoms with Crippen LogP contribution < -0.4 is 14.8 Å². The second kappa shape index (κ2) is 10.3. The average molecular weight is 555 g/mol. The molecule has 0 bridgehead atoms. The highest BCUT2D eigenvalue weighted by Crippen LogP contribution is 2.46. The van der Waals surface area contributed by atoms with Crippen molar-refractivity contribution in [2.45, 2.75) is 23.8 Å². The summed E-state index contributed by atoms with van der Waals surface area (Å²) >= 11 is 5.11. The lowest BCUT2D eigenvalue weighted by molar-refractivity contribution is -0.119. The summed E-state index contributed by atoms with van der Waals surface area (Å²) in [5, 5.41) is 3.10. The Morgan fingerprint density at radius 1 is 1.03 bits per heavy atom. The normalized spacial score (nSPS) is 17.1. The number of hydrogen-bond acceptors (Lipinski definition) is 5. The van der Waals surface area contributed by atoms with Crippen LogP contribution in [0.15, 0.2) is 64.0 Å². The van der Waals surface area contributed by atoms with Crippen molar-refractivity contribution in [3.63, 3.8) is 0 Å². The summed E-state index contributed by atoms with van der Waals surface area (Å²) in [6, 6.07) is 16.6. The number of methoxy groups -OCH3 is 2. The molecule has 0 spiro atoms. The summed E-state index contributed by atoms with van der Waals surface area (Å²) in [5.41, 5.74) is 3.57. The molecule has 2 atom stereocenters. The van der Waals surface area contributed by atoms with E-state index in [1.54, 1.807) is 43.0 Å². The molecule has 35 heavy (non-hydrogen) atoms. The lowest BCUT2D eigenvalue weighted by atomic mass is 9.79. The molecule has 1 N–H and O–H groups in total. The first-order chi connectivity index (χ1) is 16.8. The lowest BCUT2D eigenvalue weighted by Gasteiger charge is -2.40. The molecule has 4 rings (SSSR count). The number of likely N-dealkylation sites (N-methyl/N-ethyl adjacent to an activating group) is 1. The van der Waals surface area contributed by atoms with E-state index in [1.165, 1.54) is 7.11 Å². The van der Waals surface area contributed by atoms with E-state index in [0.29, 0.717) is 22.6 Å². The van der Waals surface area contributed by atoms with Crippen LogP contribution >= 0.6 is 27.7 Å². The van der Waals surface area contributed by atoms with E-state index in [1.807, 2.05) is 55.6 Å². The van der Waals surface area contributed by atoms with Crippen molar-refractivity contribution < 1.29 is 19.1 Å². The van der Waals surface area contributed by atoms with E-state index >= 15 is 0 Å². The number of nitrogens with zero attached hydrogens (tertiary/aromatic N) is 1. The molecule has 0 fully saturated rings. The van der Waals surface area contributed by atoms with Gasteiger partial charge in [-0.2, -0.15) is 0 Å². The van der Waals surface area contributed by atoms with Crippen LogP contribution in [0.5, 0.6) is 11.5 Å². The van der Waals surface area contributed by atoms with Gasteiger partial charge in [-0.05, 0) is 72.3 Å². The number of carbonyl (C=O) groups is 2. The maximum absolute atomic E-state index is 13.9. The van der Waals surface area contributed by atoms with Gasteiger partial charge in [0, 0.05) is 27.7 Å².